The molecule has 1 fully saturated rings. The van der Waals surface area contributed by atoms with Crippen LogP contribution in [0, 0.1) is 0 Å². The topological polar surface area (TPSA) is 47.6 Å². The summed E-state index contributed by atoms with van der Waals surface area (Å²) in [6.07, 6.45) is 2.18. The highest BCUT2D eigenvalue weighted by atomic mass is 35.5. The van der Waals surface area contributed by atoms with Gasteiger partial charge in [-0.2, -0.15) is 0 Å². The number of halogens is 2. The first-order valence-corrected chi connectivity index (χ1v) is 6.87. The van der Waals surface area contributed by atoms with Crippen molar-refractivity contribution in [3.63, 3.8) is 0 Å². The van der Waals surface area contributed by atoms with Crippen LogP contribution in [-0.2, 0) is 9.53 Å². The highest BCUT2D eigenvalue weighted by Crippen LogP contribution is 2.26. The fourth-order valence-electron chi connectivity index (χ4n) is 1.80. The molecule has 1 heterocycles. The van der Waals surface area contributed by atoms with Crippen molar-refractivity contribution in [3.8, 4) is 5.75 Å². The van der Waals surface area contributed by atoms with Gasteiger partial charge in [-0.3, -0.25) is 4.79 Å². The second kappa shape index (κ2) is 6.98. The molecule has 104 valence electrons. The number of nitrogens with one attached hydrogen (secondary N) is 1. The number of carbonyl (C=O) groups excluding carboxylic acids is 1. The average Bonchev–Trinajstić information content (AvgIpc) is 2.91. The smallest absolute Gasteiger partial charge is 0.258 e. The van der Waals surface area contributed by atoms with Crippen LogP contribution in [0.5, 0.6) is 5.75 Å². The second-order valence-electron chi connectivity index (χ2n) is 4.30. The molecule has 6 heteroatoms. The van der Waals surface area contributed by atoms with Crippen LogP contribution in [0.4, 0.5) is 0 Å². The molecule has 1 aliphatic rings. The van der Waals surface area contributed by atoms with Gasteiger partial charge in [-0.25, -0.2) is 0 Å². The lowest BCUT2D eigenvalue weighted by Crippen LogP contribution is -2.35. The van der Waals surface area contributed by atoms with Crippen LogP contribution in [0.25, 0.3) is 0 Å². The molecule has 0 spiro atoms. The Kier molecular flexibility index (Phi) is 5.31. The number of hydrogen-bond donors (Lipinski definition) is 1. The van der Waals surface area contributed by atoms with E-state index in [1.807, 2.05) is 0 Å². The molecule has 1 amide bonds. The molecule has 1 atom stereocenters. The molecule has 0 radical (unpaired) electrons. The van der Waals surface area contributed by atoms with E-state index < -0.39 is 0 Å². The van der Waals surface area contributed by atoms with Crippen molar-refractivity contribution in [2.75, 3.05) is 19.8 Å². The quantitative estimate of drug-likeness (QED) is 0.910. The van der Waals surface area contributed by atoms with Crippen LogP contribution in [0.1, 0.15) is 12.8 Å². The maximum atomic E-state index is 11.6. The van der Waals surface area contributed by atoms with Crippen molar-refractivity contribution in [1.82, 2.24) is 5.32 Å². The Morgan fingerprint density at radius 2 is 2.26 bits per heavy atom. The Balaban J connectivity index is 1.71. The number of hydrogen-bond acceptors (Lipinski definition) is 3. The number of ether oxygens (including phenoxy) is 2. The summed E-state index contributed by atoms with van der Waals surface area (Å²) in [7, 11) is 0. The van der Waals surface area contributed by atoms with Crippen LogP contribution in [-0.4, -0.2) is 31.8 Å². The van der Waals surface area contributed by atoms with Crippen molar-refractivity contribution < 1.29 is 14.3 Å². The molecule has 19 heavy (non-hydrogen) atoms. The molecule has 0 saturated carbocycles. The maximum absolute atomic E-state index is 11.6. The fourth-order valence-corrected chi connectivity index (χ4v) is 2.09. The summed E-state index contributed by atoms with van der Waals surface area (Å²) in [6.45, 7) is 1.26. The lowest BCUT2D eigenvalue weighted by atomic mass is 10.2. The van der Waals surface area contributed by atoms with Crippen molar-refractivity contribution in [1.29, 1.82) is 0 Å². The third kappa shape index (κ3) is 4.56. The lowest BCUT2D eigenvalue weighted by molar-refractivity contribution is -0.123. The van der Waals surface area contributed by atoms with Gasteiger partial charge in [-0.1, -0.05) is 23.2 Å². The van der Waals surface area contributed by atoms with Crippen molar-refractivity contribution in [2.24, 2.45) is 0 Å². The van der Waals surface area contributed by atoms with Gasteiger partial charge in [0.15, 0.2) is 6.61 Å². The van der Waals surface area contributed by atoms with E-state index in [1.165, 1.54) is 0 Å². The van der Waals surface area contributed by atoms with Crippen LogP contribution in [0.15, 0.2) is 18.2 Å². The van der Waals surface area contributed by atoms with E-state index in [9.17, 15) is 4.79 Å². The third-order valence-electron chi connectivity index (χ3n) is 2.81. The molecule has 1 aromatic rings. The van der Waals surface area contributed by atoms with Crippen molar-refractivity contribution in [2.45, 2.75) is 18.9 Å². The van der Waals surface area contributed by atoms with E-state index in [0.29, 0.717) is 22.3 Å². The minimum atomic E-state index is -0.179. The predicted octanol–water partition coefficient (Wildman–Crippen LogP) is 2.67. The summed E-state index contributed by atoms with van der Waals surface area (Å²) in [4.78, 5) is 11.6. The molecule has 0 bridgehead atoms. The SMILES string of the molecule is O=C(COc1ccc(Cl)c(Cl)c1)NC[C@@H]1CCCO1. The minimum Gasteiger partial charge on any atom is -0.484 e. The van der Waals surface area contributed by atoms with E-state index in [0.717, 1.165) is 19.4 Å². The number of rotatable bonds is 5. The molecule has 2 rings (SSSR count). The van der Waals surface area contributed by atoms with Gasteiger partial charge in [0.25, 0.3) is 5.91 Å². The van der Waals surface area contributed by atoms with E-state index in [2.05, 4.69) is 5.32 Å². The molecule has 1 saturated heterocycles. The largest absolute Gasteiger partial charge is 0.484 e. The second-order valence-corrected chi connectivity index (χ2v) is 5.12. The first-order chi connectivity index (χ1) is 9.15. The number of carbonyl (C=O) groups is 1. The van der Waals surface area contributed by atoms with E-state index >= 15 is 0 Å². The Morgan fingerprint density at radius 1 is 1.42 bits per heavy atom. The number of benzene rings is 1. The lowest BCUT2D eigenvalue weighted by Gasteiger charge is -2.11. The summed E-state index contributed by atoms with van der Waals surface area (Å²) >= 11 is 11.6. The van der Waals surface area contributed by atoms with Gasteiger partial charge < -0.3 is 14.8 Å². The molecule has 0 aliphatic carbocycles. The molecule has 0 aromatic heterocycles. The van der Waals surface area contributed by atoms with Crippen LogP contribution in [0.2, 0.25) is 10.0 Å². The van der Waals surface area contributed by atoms with Gasteiger partial charge >= 0.3 is 0 Å². The molecule has 0 unspecified atom stereocenters. The van der Waals surface area contributed by atoms with Gasteiger partial charge in [0.1, 0.15) is 5.75 Å². The van der Waals surface area contributed by atoms with Gasteiger partial charge in [0.05, 0.1) is 16.1 Å². The number of amides is 1. The van der Waals surface area contributed by atoms with E-state index in [1.54, 1.807) is 18.2 Å². The summed E-state index contributed by atoms with van der Waals surface area (Å²) in [5.41, 5.74) is 0. The van der Waals surface area contributed by atoms with Gasteiger partial charge in [-0.05, 0) is 25.0 Å². The molecular formula is C13H15Cl2NO3. The first-order valence-electron chi connectivity index (χ1n) is 6.11. The van der Waals surface area contributed by atoms with Crippen molar-refractivity contribution >= 4 is 29.1 Å². The summed E-state index contributed by atoms with van der Waals surface area (Å²) in [6, 6.07) is 4.88. The molecular weight excluding hydrogens is 289 g/mol. The molecule has 4 nitrogen and oxygen atoms in total. The standard InChI is InChI=1S/C13H15Cl2NO3/c14-11-4-3-9(6-12(11)15)19-8-13(17)16-7-10-2-1-5-18-10/h3-4,6,10H,1-2,5,7-8H2,(H,16,17)/t10-/m0/s1. The van der Waals surface area contributed by atoms with Crippen LogP contribution in [0.3, 0.4) is 0 Å². The minimum absolute atomic E-state index is 0.0509. The summed E-state index contributed by atoms with van der Waals surface area (Å²) in [5, 5.41) is 3.63. The zero-order valence-electron chi connectivity index (χ0n) is 10.3. The van der Waals surface area contributed by atoms with Gasteiger partial charge in [0, 0.05) is 19.2 Å². The Bertz CT molecular complexity index is 448. The summed E-state index contributed by atoms with van der Waals surface area (Å²) < 4.78 is 10.7. The zero-order valence-corrected chi connectivity index (χ0v) is 11.8. The third-order valence-corrected chi connectivity index (χ3v) is 3.55. The Morgan fingerprint density at radius 3 is 2.95 bits per heavy atom. The van der Waals surface area contributed by atoms with E-state index in [4.69, 9.17) is 32.7 Å². The Labute approximate surface area is 122 Å². The predicted molar refractivity (Wildman–Crippen MR) is 73.9 cm³/mol. The highest BCUT2D eigenvalue weighted by Gasteiger charge is 2.16. The summed E-state index contributed by atoms with van der Waals surface area (Å²) in [5.74, 6) is 0.336. The normalized spacial score (nSPS) is 18.3. The average molecular weight is 304 g/mol. The molecule has 1 N–H and O–H groups in total. The highest BCUT2D eigenvalue weighted by molar-refractivity contribution is 6.42. The Hall–Kier alpha value is -0.970. The van der Waals surface area contributed by atoms with Gasteiger partial charge in [0.2, 0.25) is 0 Å². The maximum Gasteiger partial charge on any atom is 0.258 e. The molecule has 1 aromatic carbocycles. The first kappa shape index (κ1) is 14.4. The van der Waals surface area contributed by atoms with Crippen LogP contribution >= 0.6 is 23.2 Å². The van der Waals surface area contributed by atoms with E-state index in [-0.39, 0.29) is 18.6 Å². The van der Waals surface area contributed by atoms with Gasteiger partial charge in [-0.15, -0.1) is 0 Å². The zero-order chi connectivity index (χ0) is 13.7. The van der Waals surface area contributed by atoms with Crippen molar-refractivity contribution in [3.05, 3.63) is 28.2 Å². The van der Waals surface area contributed by atoms with Crippen LogP contribution < -0.4 is 10.1 Å². The molecule has 1 aliphatic heterocycles. The fraction of sp³-hybridized carbons (Fsp3) is 0.462. The monoisotopic (exact) mass is 303 g/mol.